The number of hydrogen-bond donors (Lipinski definition) is 0. The molecule has 28 heavy (non-hydrogen) atoms. The highest BCUT2D eigenvalue weighted by Crippen LogP contribution is 2.33. The third-order valence-corrected chi connectivity index (χ3v) is 5.61. The van der Waals surface area contributed by atoms with Crippen LogP contribution in [0.4, 0.5) is 5.82 Å². The average molecular weight is 375 g/mol. The van der Waals surface area contributed by atoms with Crippen LogP contribution in [-0.2, 0) is 4.74 Å². The van der Waals surface area contributed by atoms with Crippen LogP contribution in [0.3, 0.4) is 0 Å². The van der Waals surface area contributed by atoms with E-state index in [4.69, 9.17) is 14.7 Å². The van der Waals surface area contributed by atoms with Crippen LogP contribution in [0, 0.1) is 5.92 Å². The van der Waals surface area contributed by atoms with Crippen LogP contribution in [0.2, 0.25) is 0 Å². The number of nitrogens with zero attached hydrogens (tertiary/aromatic N) is 3. The zero-order valence-corrected chi connectivity index (χ0v) is 16.4. The molecule has 0 bridgehead atoms. The quantitative estimate of drug-likeness (QED) is 0.618. The molecule has 0 radical (unpaired) electrons. The molecule has 0 atom stereocenters. The molecule has 1 aromatic heterocycles. The summed E-state index contributed by atoms with van der Waals surface area (Å²) in [5, 5.41) is 0. The number of fused-ring (bicyclic) bond motifs is 1. The smallest absolute Gasteiger partial charge is 0.337 e. The molecule has 144 valence electrons. The molecular weight excluding hydrogens is 350 g/mol. The van der Waals surface area contributed by atoms with E-state index in [-0.39, 0.29) is 5.97 Å². The van der Waals surface area contributed by atoms with Gasteiger partial charge < -0.3 is 9.64 Å². The van der Waals surface area contributed by atoms with Crippen LogP contribution in [-0.4, -0.2) is 36.1 Å². The molecule has 1 aliphatic rings. The molecule has 1 aliphatic heterocycles. The maximum atomic E-state index is 11.9. The molecule has 0 spiro atoms. The van der Waals surface area contributed by atoms with Gasteiger partial charge >= 0.3 is 5.97 Å². The highest BCUT2D eigenvalue weighted by molar-refractivity contribution is 5.94. The molecular formula is C23H25N3O2. The van der Waals surface area contributed by atoms with Crippen molar-refractivity contribution in [3.05, 3.63) is 54.1 Å². The number of carbonyl (C=O) groups excluding carboxylic acids is 1. The number of piperidine rings is 1. The monoisotopic (exact) mass is 375 g/mol. The maximum Gasteiger partial charge on any atom is 0.337 e. The predicted octanol–water partition coefficient (Wildman–Crippen LogP) is 4.71. The normalized spacial score (nSPS) is 15.0. The molecule has 2 heterocycles. The van der Waals surface area contributed by atoms with Crippen molar-refractivity contribution in [3.63, 3.8) is 0 Å². The van der Waals surface area contributed by atoms with Gasteiger partial charge in [0.05, 0.1) is 23.7 Å². The third-order valence-electron chi connectivity index (χ3n) is 5.61. The van der Waals surface area contributed by atoms with Crippen molar-refractivity contribution in [3.8, 4) is 11.3 Å². The molecule has 3 aromatic rings. The SMILES string of the molecule is CCC1CCN(c2nc3cc(C(=O)OC)ccc3nc2-c2ccccc2)CC1. The van der Waals surface area contributed by atoms with Gasteiger partial charge in [-0.1, -0.05) is 43.7 Å². The fourth-order valence-electron chi connectivity index (χ4n) is 3.85. The van der Waals surface area contributed by atoms with Gasteiger partial charge in [-0.15, -0.1) is 0 Å². The molecule has 0 saturated carbocycles. The lowest BCUT2D eigenvalue weighted by Gasteiger charge is -2.33. The van der Waals surface area contributed by atoms with Gasteiger partial charge in [-0.25, -0.2) is 14.8 Å². The van der Waals surface area contributed by atoms with Crippen molar-refractivity contribution in [1.29, 1.82) is 0 Å². The summed E-state index contributed by atoms with van der Waals surface area (Å²) in [5.41, 5.74) is 3.94. The Morgan fingerprint density at radius 1 is 1.07 bits per heavy atom. The van der Waals surface area contributed by atoms with Crippen molar-refractivity contribution in [2.24, 2.45) is 5.92 Å². The van der Waals surface area contributed by atoms with Crippen molar-refractivity contribution < 1.29 is 9.53 Å². The summed E-state index contributed by atoms with van der Waals surface area (Å²) < 4.78 is 4.85. The second kappa shape index (κ2) is 7.97. The largest absolute Gasteiger partial charge is 0.465 e. The molecule has 1 fully saturated rings. The molecule has 1 saturated heterocycles. The van der Waals surface area contributed by atoms with Gasteiger partial charge in [-0.05, 0) is 37.0 Å². The Hall–Kier alpha value is -2.95. The Bertz CT molecular complexity index is 980. The van der Waals surface area contributed by atoms with Gasteiger partial charge in [-0.3, -0.25) is 0 Å². The second-order valence-electron chi connectivity index (χ2n) is 7.30. The van der Waals surface area contributed by atoms with Crippen LogP contribution in [0.25, 0.3) is 22.3 Å². The lowest BCUT2D eigenvalue weighted by Crippen LogP contribution is -2.34. The Balaban J connectivity index is 1.82. The zero-order chi connectivity index (χ0) is 19.5. The minimum absolute atomic E-state index is 0.360. The summed E-state index contributed by atoms with van der Waals surface area (Å²) in [7, 11) is 1.39. The van der Waals surface area contributed by atoms with Crippen LogP contribution in [0.15, 0.2) is 48.5 Å². The molecule has 0 unspecified atom stereocenters. The summed E-state index contributed by atoms with van der Waals surface area (Å²) in [4.78, 5) is 24.1. The Morgan fingerprint density at radius 2 is 1.82 bits per heavy atom. The summed E-state index contributed by atoms with van der Waals surface area (Å²) in [6, 6.07) is 15.5. The molecule has 0 aliphatic carbocycles. The number of ether oxygens (including phenoxy) is 1. The molecule has 5 nitrogen and oxygen atoms in total. The molecule has 4 rings (SSSR count). The van der Waals surface area contributed by atoms with Gasteiger partial charge in [0.25, 0.3) is 0 Å². The van der Waals surface area contributed by atoms with E-state index < -0.39 is 0 Å². The summed E-state index contributed by atoms with van der Waals surface area (Å²) >= 11 is 0. The zero-order valence-electron chi connectivity index (χ0n) is 16.4. The molecule has 2 aromatic carbocycles. The first-order valence-electron chi connectivity index (χ1n) is 9.90. The first-order chi connectivity index (χ1) is 13.7. The number of esters is 1. The standard InChI is InChI=1S/C23H25N3O2/c1-3-16-11-13-26(14-12-16)22-21(17-7-5-4-6-8-17)24-19-10-9-18(23(27)28-2)15-20(19)25-22/h4-10,15-16H,3,11-14H2,1-2H3. The third kappa shape index (κ3) is 3.57. The van der Waals surface area contributed by atoms with E-state index in [1.165, 1.54) is 26.4 Å². The molecule has 0 amide bonds. The van der Waals surface area contributed by atoms with Crippen molar-refractivity contribution in [1.82, 2.24) is 9.97 Å². The summed E-state index contributed by atoms with van der Waals surface area (Å²) in [6.45, 7) is 4.23. The lowest BCUT2D eigenvalue weighted by atomic mass is 9.94. The molecule has 5 heteroatoms. The van der Waals surface area contributed by atoms with E-state index in [0.717, 1.165) is 47.1 Å². The van der Waals surface area contributed by atoms with Crippen molar-refractivity contribution in [2.75, 3.05) is 25.1 Å². The predicted molar refractivity (Wildman–Crippen MR) is 112 cm³/mol. The van der Waals surface area contributed by atoms with Gasteiger partial charge in [0.2, 0.25) is 0 Å². The highest BCUT2D eigenvalue weighted by Gasteiger charge is 2.23. The van der Waals surface area contributed by atoms with Gasteiger partial charge in [0.15, 0.2) is 5.82 Å². The van der Waals surface area contributed by atoms with E-state index in [9.17, 15) is 4.79 Å². The van der Waals surface area contributed by atoms with Gasteiger partial charge in [-0.2, -0.15) is 0 Å². The number of methoxy groups -OCH3 is 1. The van der Waals surface area contributed by atoms with E-state index in [1.807, 2.05) is 24.3 Å². The van der Waals surface area contributed by atoms with Gasteiger partial charge in [0, 0.05) is 18.7 Å². The summed E-state index contributed by atoms with van der Waals surface area (Å²) in [5.74, 6) is 1.33. The van der Waals surface area contributed by atoms with Crippen LogP contribution in [0.1, 0.15) is 36.5 Å². The van der Waals surface area contributed by atoms with Crippen molar-refractivity contribution in [2.45, 2.75) is 26.2 Å². The maximum absolute atomic E-state index is 11.9. The fourth-order valence-corrected chi connectivity index (χ4v) is 3.85. The van der Waals surface area contributed by atoms with Crippen LogP contribution in [0.5, 0.6) is 0 Å². The average Bonchev–Trinajstić information content (AvgIpc) is 2.78. The van der Waals surface area contributed by atoms with Crippen molar-refractivity contribution >= 4 is 22.8 Å². The minimum atomic E-state index is -0.360. The number of anilines is 1. The van der Waals surface area contributed by atoms with Crippen LogP contribution >= 0.6 is 0 Å². The van der Waals surface area contributed by atoms with E-state index >= 15 is 0 Å². The Kier molecular flexibility index (Phi) is 5.24. The second-order valence-corrected chi connectivity index (χ2v) is 7.30. The van der Waals surface area contributed by atoms with E-state index in [2.05, 4.69) is 24.0 Å². The number of aromatic nitrogens is 2. The lowest BCUT2D eigenvalue weighted by molar-refractivity contribution is 0.0601. The minimum Gasteiger partial charge on any atom is -0.465 e. The van der Waals surface area contributed by atoms with E-state index in [1.54, 1.807) is 12.1 Å². The number of benzene rings is 2. The topological polar surface area (TPSA) is 55.3 Å². The Morgan fingerprint density at radius 3 is 2.50 bits per heavy atom. The first-order valence-corrected chi connectivity index (χ1v) is 9.90. The number of carbonyl (C=O) groups is 1. The van der Waals surface area contributed by atoms with Crippen LogP contribution < -0.4 is 4.90 Å². The first kappa shape index (κ1) is 18.4. The summed E-state index contributed by atoms with van der Waals surface area (Å²) in [6.07, 6.45) is 3.57. The highest BCUT2D eigenvalue weighted by atomic mass is 16.5. The Labute approximate surface area is 165 Å². The number of hydrogen-bond acceptors (Lipinski definition) is 5. The number of rotatable bonds is 4. The van der Waals surface area contributed by atoms with Gasteiger partial charge in [0.1, 0.15) is 5.69 Å². The molecule has 0 N–H and O–H groups in total. The fraction of sp³-hybridized carbons (Fsp3) is 0.348. The van der Waals surface area contributed by atoms with E-state index in [0.29, 0.717) is 5.56 Å².